The van der Waals surface area contributed by atoms with Crippen LogP contribution < -0.4 is 5.32 Å². The van der Waals surface area contributed by atoms with Gasteiger partial charge in [-0.3, -0.25) is 9.59 Å². The molecule has 0 radical (unpaired) electrons. The fourth-order valence-electron chi connectivity index (χ4n) is 12.2. The van der Waals surface area contributed by atoms with E-state index in [-0.39, 0.29) is 18.5 Å². The highest BCUT2D eigenvalue weighted by atomic mass is 16.5. The number of ether oxygens (including phenoxy) is 1. The molecule has 0 aliphatic rings. The predicted octanol–water partition coefficient (Wildman–Crippen LogP) is 24.2. The number of carbonyl (C=O) groups is 2. The number of nitrogens with one attached hydrogen (secondary N) is 1. The lowest BCUT2D eigenvalue weighted by atomic mass is 10.0. The third-order valence-corrected chi connectivity index (χ3v) is 17.9. The first-order valence-corrected chi connectivity index (χ1v) is 37.3. The smallest absolute Gasteiger partial charge is 0.305 e. The first kappa shape index (κ1) is 78.9. The van der Waals surface area contributed by atoms with Gasteiger partial charge in [-0.2, -0.15) is 0 Å². The van der Waals surface area contributed by atoms with Crippen molar-refractivity contribution >= 4 is 11.9 Å². The zero-order valence-corrected chi connectivity index (χ0v) is 54.9. The molecule has 0 saturated heterocycles. The molecular weight excluding hydrogens is 983 g/mol. The molecule has 2 atom stereocenters. The van der Waals surface area contributed by atoms with Gasteiger partial charge in [0, 0.05) is 12.8 Å². The van der Waals surface area contributed by atoms with Crippen molar-refractivity contribution in [3.8, 4) is 0 Å². The van der Waals surface area contributed by atoms with E-state index in [9.17, 15) is 19.8 Å². The van der Waals surface area contributed by atoms with Gasteiger partial charge in [0.25, 0.3) is 0 Å². The molecular formula is C74H147NO5. The Balaban J connectivity index is 3.35. The first-order valence-electron chi connectivity index (χ1n) is 37.3. The molecule has 0 aromatic carbocycles. The quantitative estimate of drug-likeness (QED) is 0.0417. The van der Waals surface area contributed by atoms with Gasteiger partial charge in [0.2, 0.25) is 5.91 Å². The second kappa shape index (κ2) is 70.3. The van der Waals surface area contributed by atoms with E-state index < -0.39 is 12.1 Å². The largest absolute Gasteiger partial charge is 0.466 e. The third-order valence-electron chi connectivity index (χ3n) is 17.9. The molecule has 0 aliphatic carbocycles. The van der Waals surface area contributed by atoms with E-state index in [1.54, 1.807) is 0 Å². The summed E-state index contributed by atoms with van der Waals surface area (Å²) >= 11 is 0. The Morgan fingerprint density at radius 2 is 0.512 bits per heavy atom. The molecule has 0 heterocycles. The number of carbonyl (C=O) groups excluding carboxylic acids is 2. The molecule has 478 valence electrons. The molecule has 0 spiro atoms. The van der Waals surface area contributed by atoms with Gasteiger partial charge < -0.3 is 20.3 Å². The number of unbranched alkanes of at least 4 members (excludes halogenated alkanes) is 60. The lowest BCUT2D eigenvalue weighted by Gasteiger charge is -2.22. The van der Waals surface area contributed by atoms with Gasteiger partial charge in [-0.15, -0.1) is 0 Å². The minimum absolute atomic E-state index is 0.0195. The van der Waals surface area contributed by atoms with Crippen LogP contribution in [0.4, 0.5) is 0 Å². The second-order valence-electron chi connectivity index (χ2n) is 26.0. The average molecular weight is 1130 g/mol. The van der Waals surface area contributed by atoms with Crippen LogP contribution in [0.2, 0.25) is 0 Å². The topological polar surface area (TPSA) is 95.9 Å². The van der Waals surface area contributed by atoms with Crippen molar-refractivity contribution in [1.29, 1.82) is 0 Å². The number of amides is 1. The van der Waals surface area contributed by atoms with Gasteiger partial charge in [0.1, 0.15) is 0 Å². The Morgan fingerprint density at radius 3 is 0.762 bits per heavy atom. The summed E-state index contributed by atoms with van der Waals surface area (Å²) in [7, 11) is 0. The Kier molecular flexibility index (Phi) is 69.3. The lowest BCUT2D eigenvalue weighted by Crippen LogP contribution is -2.45. The van der Waals surface area contributed by atoms with Crippen LogP contribution in [0.3, 0.4) is 0 Å². The van der Waals surface area contributed by atoms with Crippen LogP contribution in [-0.2, 0) is 14.3 Å². The lowest BCUT2D eigenvalue weighted by molar-refractivity contribution is -0.143. The number of hydrogen-bond acceptors (Lipinski definition) is 5. The Hall–Kier alpha value is -1.14. The highest BCUT2D eigenvalue weighted by Gasteiger charge is 2.20. The molecule has 0 aromatic heterocycles. The molecule has 2 unspecified atom stereocenters. The summed E-state index contributed by atoms with van der Waals surface area (Å²) < 4.78 is 5.49. The number of aliphatic hydroxyl groups is 2. The van der Waals surface area contributed by atoms with Crippen LogP contribution in [0, 0.1) is 0 Å². The second-order valence-corrected chi connectivity index (χ2v) is 26.0. The highest BCUT2D eigenvalue weighted by Crippen LogP contribution is 2.20. The molecule has 0 fully saturated rings. The molecule has 0 bridgehead atoms. The first-order chi connectivity index (χ1) is 39.5. The van der Waals surface area contributed by atoms with Crippen molar-refractivity contribution in [2.75, 3.05) is 13.2 Å². The van der Waals surface area contributed by atoms with Gasteiger partial charge in [-0.05, 0) is 25.7 Å². The van der Waals surface area contributed by atoms with Crippen molar-refractivity contribution in [2.24, 2.45) is 0 Å². The Bertz CT molecular complexity index is 1160. The minimum atomic E-state index is -0.663. The summed E-state index contributed by atoms with van der Waals surface area (Å²) in [5.41, 5.74) is 0. The number of esters is 1. The van der Waals surface area contributed by atoms with Crippen LogP contribution in [-0.4, -0.2) is 47.4 Å². The van der Waals surface area contributed by atoms with Crippen LogP contribution in [0.1, 0.15) is 438 Å². The van der Waals surface area contributed by atoms with Crippen molar-refractivity contribution in [3.05, 3.63) is 0 Å². The molecule has 0 aromatic rings. The van der Waals surface area contributed by atoms with Gasteiger partial charge in [0.15, 0.2) is 0 Å². The highest BCUT2D eigenvalue weighted by molar-refractivity contribution is 5.76. The number of rotatable bonds is 71. The van der Waals surface area contributed by atoms with E-state index in [0.29, 0.717) is 25.9 Å². The molecule has 6 heteroatoms. The third kappa shape index (κ3) is 66.0. The van der Waals surface area contributed by atoms with E-state index in [1.807, 2.05) is 0 Å². The molecule has 1 amide bonds. The SMILES string of the molecule is CCCCCCCCCCCCCCCCCCCCCCCCCCCC(O)C(CO)NC(=O)CCCCCCCCCCCCCCCCCCCCCCCCCCCCOC(=O)CCCCCCCCCCCCCC. The Morgan fingerprint density at radius 1 is 0.300 bits per heavy atom. The number of hydrogen-bond donors (Lipinski definition) is 3. The van der Waals surface area contributed by atoms with Crippen molar-refractivity contribution in [2.45, 2.75) is 450 Å². The van der Waals surface area contributed by atoms with Crippen LogP contribution >= 0.6 is 0 Å². The molecule has 80 heavy (non-hydrogen) atoms. The van der Waals surface area contributed by atoms with Gasteiger partial charge in [0.05, 0.1) is 25.4 Å². The zero-order valence-electron chi connectivity index (χ0n) is 54.9. The summed E-state index contributed by atoms with van der Waals surface area (Å²) in [4.78, 5) is 24.6. The standard InChI is InChI=1S/C74H147NO5/c1-3-5-7-9-11-13-15-17-18-19-20-21-22-25-28-31-34-37-40-43-46-50-54-58-62-66-72(77)71(70-76)75-73(78)67-63-59-55-51-47-44-41-38-35-32-29-26-23-24-27-30-33-36-39-42-45-49-53-57-61-65-69-80-74(79)68-64-60-56-52-48-16-14-12-10-8-6-4-2/h71-72,76-77H,3-70H2,1-2H3,(H,75,78). The fraction of sp³-hybridized carbons (Fsp3) is 0.973. The van der Waals surface area contributed by atoms with Crippen LogP contribution in [0.25, 0.3) is 0 Å². The molecule has 0 aliphatic heterocycles. The fourth-order valence-corrected chi connectivity index (χ4v) is 12.2. The van der Waals surface area contributed by atoms with E-state index in [4.69, 9.17) is 4.74 Å². The summed E-state index contributed by atoms with van der Waals surface area (Å²) in [6, 6.07) is -0.540. The summed E-state index contributed by atoms with van der Waals surface area (Å²) in [5.74, 6) is -0.00682. The van der Waals surface area contributed by atoms with Crippen molar-refractivity contribution < 1.29 is 24.5 Å². The molecule has 0 rings (SSSR count). The number of aliphatic hydroxyl groups excluding tert-OH is 2. The normalized spacial score (nSPS) is 12.4. The van der Waals surface area contributed by atoms with Gasteiger partial charge >= 0.3 is 5.97 Å². The van der Waals surface area contributed by atoms with Gasteiger partial charge in [-0.1, -0.05) is 399 Å². The minimum Gasteiger partial charge on any atom is -0.466 e. The van der Waals surface area contributed by atoms with Crippen LogP contribution in [0.15, 0.2) is 0 Å². The van der Waals surface area contributed by atoms with Gasteiger partial charge in [-0.25, -0.2) is 0 Å². The maximum atomic E-state index is 12.6. The predicted molar refractivity (Wildman–Crippen MR) is 352 cm³/mol. The van der Waals surface area contributed by atoms with Crippen LogP contribution in [0.5, 0.6) is 0 Å². The van der Waals surface area contributed by atoms with Crippen molar-refractivity contribution in [1.82, 2.24) is 5.32 Å². The summed E-state index contributed by atoms with van der Waals surface area (Å²) in [6.07, 6.45) is 86.0. The molecule has 3 N–H and O–H groups in total. The van der Waals surface area contributed by atoms with E-state index in [0.717, 1.165) is 38.5 Å². The molecule has 0 saturated carbocycles. The van der Waals surface area contributed by atoms with E-state index >= 15 is 0 Å². The zero-order chi connectivity index (χ0) is 57.8. The monoisotopic (exact) mass is 1130 g/mol. The maximum Gasteiger partial charge on any atom is 0.305 e. The van der Waals surface area contributed by atoms with Crippen molar-refractivity contribution in [3.63, 3.8) is 0 Å². The maximum absolute atomic E-state index is 12.6. The van der Waals surface area contributed by atoms with E-state index in [2.05, 4.69) is 19.2 Å². The summed E-state index contributed by atoms with van der Waals surface area (Å²) in [6.45, 7) is 5.01. The van der Waals surface area contributed by atoms with E-state index in [1.165, 1.54) is 366 Å². The Labute approximate surface area is 502 Å². The average Bonchev–Trinajstić information content (AvgIpc) is 3.46. The summed E-state index contributed by atoms with van der Waals surface area (Å²) in [5, 5.41) is 23.5. The molecule has 6 nitrogen and oxygen atoms in total.